The second-order valence-corrected chi connectivity index (χ2v) is 10.6. The fourth-order valence-corrected chi connectivity index (χ4v) is 5.32. The Hall–Kier alpha value is -3.50. The van der Waals surface area contributed by atoms with Crippen LogP contribution in [0.5, 0.6) is 11.5 Å². The van der Waals surface area contributed by atoms with Gasteiger partial charge in [0.1, 0.15) is 6.54 Å². The van der Waals surface area contributed by atoms with Crippen molar-refractivity contribution >= 4 is 58.1 Å². The fraction of sp³-hybridized carbons (Fsp3) is 0.357. The highest BCUT2D eigenvalue weighted by Crippen LogP contribution is 2.39. The van der Waals surface area contributed by atoms with Gasteiger partial charge >= 0.3 is 0 Å². The van der Waals surface area contributed by atoms with Crippen LogP contribution in [0.1, 0.15) is 37.3 Å². The number of carbonyl (C=O) groups is 4. The molecule has 9 nitrogen and oxygen atoms in total. The van der Waals surface area contributed by atoms with E-state index in [2.05, 4.69) is 5.32 Å². The van der Waals surface area contributed by atoms with Crippen molar-refractivity contribution in [3.63, 3.8) is 0 Å². The number of imide groups is 1. The Morgan fingerprint density at radius 2 is 1.79 bits per heavy atom. The van der Waals surface area contributed by atoms with Crippen molar-refractivity contribution in [2.24, 2.45) is 0 Å². The summed E-state index contributed by atoms with van der Waals surface area (Å²) in [4.78, 5) is 53.3. The van der Waals surface area contributed by atoms with Crippen molar-refractivity contribution in [3.8, 4) is 11.5 Å². The number of halogens is 1. The van der Waals surface area contributed by atoms with Gasteiger partial charge in [0.25, 0.3) is 17.1 Å². The van der Waals surface area contributed by atoms with Gasteiger partial charge in [-0.3, -0.25) is 24.1 Å². The first kappa shape index (κ1) is 28.5. The number of likely N-dealkylation sites (tertiary alicyclic amines) is 1. The van der Waals surface area contributed by atoms with Crippen LogP contribution in [0.15, 0.2) is 41.3 Å². The molecule has 2 saturated heterocycles. The maximum atomic E-state index is 13.0. The smallest absolute Gasteiger partial charge is 0.294 e. The minimum absolute atomic E-state index is 0.176. The standard InChI is InChI=1S/C28H30ClN3O6S/c1-3-37-22-14-19(13-21(29)26(22)38-17-24(33)30-20-9-7-18(2)8-10-20)15-23-27(35)32(28(36)39-23)16-25(34)31-11-5-4-6-12-31/h7-10,13-15H,3-6,11-12,16-17H2,1-2H3,(H,30,33)/b23-15-. The molecule has 0 saturated carbocycles. The van der Waals surface area contributed by atoms with Crippen molar-refractivity contribution in [1.82, 2.24) is 9.80 Å². The Bertz CT molecular complexity index is 1290. The second kappa shape index (κ2) is 13.0. The van der Waals surface area contributed by atoms with Gasteiger partial charge in [0, 0.05) is 18.8 Å². The minimum atomic E-state index is -0.530. The monoisotopic (exact) mass is 571 g/mol. The van der Waals surface area contributed by atoms with Crippen molar-refractivity contribution in [3.05, 3.63) is 57.5 Å². The van der Waals surface area contributed by atoms with Crippen molar-refractivity contribution in [1.29, 1.82) is 0 Å². The largest absolute Gasteiger partial charge is 0.490 e. The zero-order valence-electron chi connectivity index (χ0n) is 21.8. The van der Waals surface area contributed by atoms with Crippen LogP contribution in [-0.4, -0.2) is 65.6 Å². The lowest BCUT2D eigenvalue weighted by Gasteiger charge is -2.27. The molecule has 2 fully saturated rings. The summed E-state index contributed by atoms with van der Waals surface area (Å²) in [5, 5.41) is 2.44. The topological polar surface area (TPSA) is 105 Å². The fourth-order valence-electron chi connectivity index (χ4n) is 4.21. The molecular weight excluding hydrogens is 542 g/mol. The van der Waals surface area contributed by atoms with Crippen LogP contribution in [0.3, 0.4) is 0 Å². The third-order valence-electron chi connectivity index (χ3n) is 6.19. The molecule has 206 valence electrons. The molecule has 0 atom stereocenters. The summed E-state index contributed by atoms with van der Waals surface area (Å²) >= 11 is 7.25. The van der Waals surface area contributed by atoms with Gasteiger partial charge in [0.2, 0.25) is 5.91 Å². The number of rotatable bonds is 9. The van der Waals surface area contributed by atoms with Crippen molar-refractivity contribution < 1.29 is 28.7 Å². The van der Waals surface area contributed by atoms with Gasteiger partial charge in [0.15, 0.2) is 18.1 Å². The Morgan fingerprint density at radius 3 is 2.49 bits per heavy atom. The summed E-state index contributed by atoms with van der Waals surface area (Å²) in [5.41, 5.74) is 2.23. The third-order valence-corrected chi connectivity index (χ3v) is 7.38. The Balaban J connectivity index is 1.45. The maximum Gasteiger partial charge on any atom is 0.294 e. The quantitative estimate of drug-likeness (QED) is 0.417. The van der Waals surface area contributed by atoms with Gasteiger partial charge in [-0.1, -0.05) is 29.3 Å². The van der Waals surface area contributed by atoms with E-state index < -0.39 is 11.1 Å². The molecule has 2 aromatic rings. The third kappa shape index (κ3) is 7.33. The van der Waals surface area contributed by atoms with Gasteiger partial charge in [-0.05, 0) is 80.8 Å². The average Bonchev–Trinajstić information content (AvgIpc) is 3.17. The lowest BCUT2D eigenvalue weighted by molar-refractivity contribution is -0.136. The van der Waals surface area contributed by atoms with E-state index >= 15 is 0 Å². The molecular formula is C28H30ClN3O6S. The molecule has 4 amide bonds. The zero-order valence-corrected chi connectivity index (χ0v) is 23.4. The molecule has 0 bridgehead atoms. The molecule has 2 heterocycles. The van der Waals surface area contributed by atoms with Gasteiger partial charge < -0.3 is 19.7 Å². The summed E-state index contributed by atoms with van der Waals surface area (Å²) in [6.07, 6.45) is 4.45. The number of nitrogens with zero attached hydrogens (tertiary/aromatic N) is 2. The Morgan fingerprint density at radius 1 is 1.08 bits per heavy atom. The second-order valence-electron chi connectivity index (χ2n) is 9.18. The van der Waals surface area contributed by atoms with Gasteiger partial charge in [0.05, 0.1) is 16.5 Å². The van der Waals surface area contributed by atoms with Crippen LogP contribution in [0.4, 0.5) is 10.5 Å². The van der Waals surface area contributed by atoms with Gasteiger partial charge in [-0.25, -0.2) is 0 Å². The number of thioether (sulfide) groups is 1. The summed E-state index contributed by atoms with van der Waals surface area (Å²) in [6, 6.07) is 10.6. The first-order valence-electron chi connectivity index (χ1n) is 12.7. The van der Waals surface area contributed by atoms with E-state index in [-0.39, 0.29) is 40.6 Å². The number of ether oxygens (including phenoxy) is 2. The van der Waals surface area contributed by atoms with Gasteiger partial charge in [-0.2, -0.15) is 0 Å². The van der Waals surface area contributed by atoms with Crippen LogP contribution in [0.2, 0.25) is 5.02 Å². The van der Waals surface area contributed by atoms with E-state index in [1.807, 2.05) is 19.1 Å². The summed E-state index contributed by atoms with van der Waals surface area (Å²) in [7, 11) is 0. The first-order chi connectivity index (χ1) is 18.7. The van der Waals surface area contributed by atoms with E-state index in [0.29, 0.717) is 36.7 Å². The highest BCUT2D eigenvalue weighted by molar-refractivity contribution is 8.18. The molecule has 2 aliphatic heterocycles. The van der Waals surface area contributed by atoms with Crippen LogP contribution < -0.4 is 14.8 Å². The highest BCUT2D eigenvalue weighted by atomic mass is 35.5. The number of carbonyl (C=O) groups excluding carboxylic acids is 4. The molecule has 39 heavy (non-hydrogen) atoms. The summed E-state index contributed by atoms with van der Waals surface area (Å²) in [6.45, 7) is 4.77. The van der Waals surface area contributed by atoms with E-state index in [4.69, 9.17) is 21.1 Å². The number of amides is 4. The van der Waals surface area contributed by atoms with E-state index in [0.717, 1.165) is 41.5 Å². The van der Waals surface area contributed by atoms with Crippen LogP contribution in [-0.2, 0) is 14.4 Å². The zero-order chi connectivity index (χ0) is 27.9. The van der Waals surface area contributed by atoms with Crippen molar-refractivity contribution in [2.75, 3.05) is 38.2 Å². The number of piperidine rings is 1. The summed E-state index contributed by atoms with van der Waals surface area (Å²) in [5.74, 6) is -0.645. The number of benzene rings is 2. The molecule has 4 rings (SSSR count). The molecule has 1 N–H and O–H groups in total. The molecule has 0 unspecified atom stereocenters. The number of aryl methyl sites for hydroxylation is 1. The minimum Gasteiger partial charge on any atom is -0.490 e. The molecule has 2 aliphatic rings. The summed E-state index contributed by atoms with van der Waals surface area (Å²) < 4.78 is 11.4. The molecule has 0 spiro atoms. The maximum absolute atomic E-state index is 13.0. The highest BCUT2D eigenvalue weighted by Gasteiger charge is 2.37. The normalized spacial score (nSPS) is 16.5. The number of nitrogens with one attached hydrogen (secondary N) is 1. The first-order valence-corrected chi connectivity index (χ1v) is 13.9. The number of hydrogen-bond acceptors (Lipinski definition) is 7. The Labute approximate surface area is 236 Å². The van der Waals surface area contributed by atoms with E-state index in [1.165, 1.54) is 6.08 Å². The number of anilines is 1. The molecule has 11 heteroatoms. The molecule has 2 aromatic carbocycles. The van der Waals surface area contributed by atoms with Crippen LogP contribution in [0, 0.1) is 6.92 Å². The molecule has 0 radical (unpaired) electrons. The van der Waals surface area contributed by atoms with E-state index in [1.54, 1.807) is 36.1 Å². The predicted octanol–water partition coefficient (Wildman–Crippen LogP) is 5.11. The van der Waals surface area contributed by atoms with Crippen LogP contribution in [0.25, 0.3) is 6.08 Å². The average molecular weight is 572 g/mol. The van der Waals surface area contributed by atoms with Crippen molar-refractivity contribution in [2.45, 2.75) is 33.1 Å². The number of hydrogen-bond donors (Lipinski definition) is 1. The SMILES string of the molecule is CCOc1cc(/C=C2\SC(=O)N(CC(=O)N3CCCCC3)C2=O)cc(Cl)c1OCC(=O)Nc1ccc(C)cc1. The Kier molecular flexibility index (Phi) is 9.53. The van der Waals surface area contributed by atoms with Crippen LogP contribution >= 0.6 is 23.4 Å². The predicted molar refractivity (Wildman–Crippen MR) is 151 cm³/mol. The lowest BCUT2D eigenvalue weighted by atomic mass is 10.1. The van der Waals surface area contributed by atoms with Gasteiger partial charge in [-0.15, -0.1) is 0 Å². The van der Waals surface area contributed by atoms with E-state index in [9.17, 15) is 19.2 Å². The lowest BCUT2D eigenvalue weighted by Crippen LogP contribution is -2.44. The molecule has 0 aliphatic carbocycles. The molecule has 0 aromatic heterocycles.